The second kappa shape index (κ2) is 11.7. The number of hydrogen-bond acceptors (Lipinski definition) is 7. The minimum atomic E-state index is 0.782. The average Bonchev–Trinajstić information content (AvgIpc) is 3.60. The van der Waals surface area contributed by atoms with Gasteiger partial charge < -0.3 is 4.74 Å². The zero-order valence-corrected chi connectivity index (χ0v) is 27.6. The second-order valence-electron chi connectivity index (χ2n) is 9.06. The van der Waals surface area contributed by atoms with E-state index < -0.39 is 0 Å². The molecule has 0 unspecified atom stereocenters. The Kier molecular flexibility index (Phi) is 8.72. The smallest absolute Gasteiger partial charge is 0.147 e. The van der Waals surface area contributed by atoms with Crippen molar-refractivity contribution in [1.29, 1.82) is 0 Å². The summed E-state index contributed by atoms with van der Waals surface area (Å²) in [6.07, 6.45) is 0. The first-order valence-corrected chi connectivity index (χ1v) is 14.3. The van der Waals surface area contributed by atoms with Gasteiger partial charge in [0.15, 0.2) is 0 Å². The molecule has 0 saturated heterocycles. The van der Waals surface area contributed by atoms with Gasteiger partial charge in [-0.05, 0) is 74.2 Å². The summed E-state index contributed by atoms with van der Waals surface area (Å²) >= 11 is 10.4. The Morgan fingerprint density at radius 1 is 0.615 bits per heavy atom. The summed E-state index contributed by atoms with van der Waals surface area (Å²) in [6, 6.07) is 8.05. The van der Waals surface area contributed by atoms with E-state index in [9.17, 15) is 0 Å². The van der Waals surface area contributed by atoms with Crippen LogP contribution in [0.3, 0.4) is 0 Å². The van der Waals surface area contributed by atoms with E-state index in [-0.39, 0.29) is 0 Å². The highest BCUT2D eigenvalue weighted by Crippen LogP contribution is 2.32. The van der Waals surface area contributed by atoms with Gasteiger partial charge in [0.05, 0.1) is 18.1 Å². The zero-order valence-electron chi connectivity index (χ0n) is 22.9. The maximum absolute atomic E-state index is 5.27. The number of halogens is 3. The molecule has 0 spiro atoms. The Morgan fingerprint density at radius 2 is 1.10 bits per heavy atom. The standard InChI is InChI=1S/C9H10BrN3O.C9H10BrN3.C8H8BrN3/c1-5-6(10)4-7(14-3)9-8(5)11-12-13(9)2;1-5-4-7(10)6(2)8-9(5)13(3)12-11-8;1-5-6(9)3-4-7-8(5)10-11-12(7)2/h4H,1-3H3;4H,1-3H3;3-4H,1-2H3. The van der Waals surface area contributed by atoms with Crippen LogP contribution >= 0.6 is 47.8 Å². The predicted octanol–water partition coefficient (Wildman–Crippen LogP) is 6.43. The van der Waals surface area contributed by atoms with E-state index in [0.717, 1.165) is 69.0 Å². The fourth-order valence-electron chi connectivity index (χ4n) is 4.19. The van der Waals surface area contributed by atoms with Gasteiger partial charge in [-0.25, -0.2) is 14.0 Å². The van der Waals surface area contributed by atoms with E-state index in [4.69, 9.17) is 4.74 Å². The Hall–Kier alpha value is -2.90. The molecule has 6 rings (SSSR count). The van der Waals surface area contributed by atoms with Crippen molar-refractivity contribution in [1.82, 2.24) is 45.0 Å². The van der Waals surface area contributed by atoms with Crippen molar-refractivity contribution in [3.63, 3.8) is 0 Å². The molecule has 0 aliphatic heterocycles. The van der Waals surface area contributed by atoms with Gasteiger partial charge in [-0.1, -0.05) is 63.4 Å². The van der Waals surface area contributed by atoms with Gasteiger partial charge >= 0.3 is 0 Å². The molecule has 13 heteroatoms. The molecular formula is C26H28Br3N9O. The molecule has 204 valence electrons. The van der Waals surface area contributed by atoms with Gasteiger partial charge in [-0.2, -0.15) is 0 Å². The molecule has 0 fully saturated rings. The summed E-state index contributed by atoms with van der Waals surface area (Å²) in [5, 5.41) is 24.2. The molecule has 0 atom stereocenters. The number of rotatable bonds is 1. The van der Waals surface area contributed by atoms with Crippen LogP contribution in [0.25, 0.3) is 33.1 Å². The molecule has 0 radical (unpaired) electrons. The summed E-state index contributed by atoms with van der Waals surface area (Å²) in [6.45, 7) is 8.14. The number of ether oxygens (including phenoxy) is 1. The van der Waals surface area contributed by atoms with Crippen LogP contribution in [0.15, 0.2) is 37.7 Å². The summed E-state index contributed by atoms with van der Waals surface area (Å²) in [5.74, 6) is 0.782. The van der Waals surface area contributed by atoms with E-state index in [1.165, 1.54) is 5.56 Å². The lowest BCUT2D eigenvalue weighted by Crippen LogP contribution is -1.94. The van der Waals surface area contributed by atoms with Gasteiger partial charge in [0.1, 0.15) is 27.8 Å². The Morgan fingerprint density at radius 3 is 1.72 bits per heavy atom. The highest BCUT2D eigenvalue weighted by atomic mass is 79.9. The lowest BCUT2D eigenvalue weighted by molar-refractivity contribution is 0.417. The van der Waals surface area contributed by atoms with Crippen molar-refractivity contribution in [2.24, 2.45) is 21.1 Å². The van der Waals surface area contributed by atoms with E-state index in [2.05, 4.69) is 91.7 Å². The van der Waals surface area contributed by atoms with Crippen LogP contribution in [0.1, 0.15) is 22.3 Å². The number of methoxy groups -OCH3 is 1. The summed E-state index contributed by atoms with van der Waals surface area (Å²) in [4.78, 5) is 0. The van der Waals surface area contributed by atoms with Gasteiger partial charge in [-0.3, -0.25) is 0 Å². The van der Waals surface area contributed by atoms with E-state index >= 15 is 0 Å². The van der Waals surface area contributed by atoms with Crippen LogP contribution in [0.5, 0.6) is 5.75 Å². The lowest BCUT2D eigenvalue weighted by atomic mass is 10.1. The van der Waals surface area contributed by atoms with Gasteiger partial charge in [0.2, 0.25) is 0 Å². The first-order valence-electron chi connectivity index (χ1n) is 11.9. The molecule has 10 nitrogen and oxygen atoms in total. The van der Waals surface area contributed by atoms with Crippen LogP contribution in [-0.4, -0.2) is 52.1 Å². The quantitative estimate of drug-likeness (QED) is 0.193. The normalized spacial score (nSPS) is 10.9. The van der Waals surface area contributed by atoms with Crippen LogP contribution < -0.4 is 4.74 Å². The van der Waals surface area contributed by atoms with Crippen molar-refractivity contribution in [2.75, 3.05) is 7.11 Å². The number of nitrogens with zero attached hydrogens (tertiary/aromatic N) is 9. The highest BCUT2D eigenvalue weighted by molar-refractivity contribution is 9.11. The van der Waals surface area contributed by atoms with Crippen LogP contribution in [0.2, 0.25) is 0 Å². The maximum Gasteiger partial charge on any atom is 0.147 e. The summed E-state index contributed by atoms with van der Waals surface area (Å²) in [7, 11) is 7.30. The molecule has 6 aromatic rings. The third kappa shape index (κ3) is 5.57. The van der Waals surface area contributed by atoms with E-state index in [1.54, 1.807) is 16.5 Å². The molecule has 0 N–H and O–H groups in total. The molecule has 0 amide bonds. The maximum atomic E-state index is 5.27. The molecule has 0 bridgehead atoms. The average molecular weight is 722 g/mol. The fraction of sp³-hybridized carbons (Fsp3) is 0.308. The van der Waals surface area contributed by atoms with Gasteiger partial charge in [0.25, 0.3) is 0 Å². The first-order chi connectivity index (χ1) is 18.5. The summed E-state index contributed by atoms with van der Waals surface area (Å²) < 4.78 is 13.7. The van der Waals surface area contributed by atoms with Gasteiger partial charge in [0, 0.05) is 34.6 Å². The topological polar surface area (TPSA) is 101 Å². The van der Waals surface area contributed by atoms with Crippen LogP contribution in [0, 0.1) is 27.7 Å². The van der Waals surface area contributed by atoms with Crippen molar-refractivity contribution >= 4 is 80.9 Å². The molecular weight excluding hydrogens is 694 g/mol. The van der Waals surface area contributed by atoms with Crippen LogP contribution in [-0.2, 0) is 21.1 Å². The number of aryl methyl sites for hydroxylation is 7. The van der Waals surface area contributed by atoms with E-state index in [1.807, 2.05) is 64.8 Å². The zero-order chi connectivity index (χ0) is 28.6. The monoisotopic (exact) mass is 719 g/mol. The van der Waals surface area contributed by atoms with Crippen molar-refractivity contribution in [2.45, 2.75) is 27.7 Å². The fourth-order valence-corrected chi connectivity index (χ4v) is 5.43. The predicted molar refractivity (Wildman–Crippen MR) is 164 cm³/mol. The summed E-state index contributed by atoms with van der Waals surface area (Å²) in [5.41, 5.74) is 10.5. The molecule has 39 heavy (non-hydrogen) atoms. The first kappa shape index (κ1) is 29.1. The van der Waals surface area contributed by atoms with Gasteiger partial charge in [-0.15, -0.1) is 15.3 Å². The minimum Gasteiger partial charge on any atom is -0.494 e. The Balaban J connectivity index is 0.000000136. The number of fused-ring (bicyclic) bond motifs is 3. The Labute approximate surface area is 251 Å². The van der Waals surface area contributed by atoms with Crippen LogP contribution in [0.4, 0.5) is 0 Å². The number of benzene rings is 3. The third-order valence-electron chi connectivity index (χ3n) is 6.48. The number of aromatic nitrogens is 9. The molecule has 0 aliphatic carbocycles. The van der Waals surface area contributed by atoms with Crippen molar-refractivity contribution in [3.05, 3.63) is 59.9 Å². The highest BCUT2D eigenvalue weighted by Gasteiger charge is 2.13. The van der Waals surface area contributed by atoms with E-state index in [0.29, 0.717) is 0 Å². The second-order valence-corrected chi connectivity index (χ2v) is 11.6. The lowest BCUT2D eigenvalue weighted by Gasteiger charge is -2.05. The molecule has 0 aliphatic rings. The molecule has 3 aromatic carbocycles. The SMILES string of the molecule is COc1cc(Br)c(C)c2nnn(C)c12.Cc1c(Br)cc(C)c2c1nnn2C.Cc1c(Br)ccc2c1nnn2C. The molecule has 3 heterocycles. The Bertz CT molecular complexity index is 1820. The van der Waals surface area contributed by atoms with Crippen molar-refractivity contribution < 1.29 is 4.74 Å². The largest absolute Gasteiger partial charge is 0.494 e. The minimum absolute atomic E-state index is 0.782. The van der Waals surface area contributed by atoms with Crippen molar-refractivity contribution in [3.8, 4) is 5.75 Å². The molecule has 0 saturated carbocycles. The molecule has 3 aromatic heterocycles. The third-order valence-corrected chi connectivity index (χ3v) is 8.99. The number of hydrogen-bond donors (Lipinski definition) is 0.